The Bertz CT molecular complexity index is 597. The van der Waals surface area contributed by atoms with Crippen molar-refractivity contribution in [3.8, 4) is 0 Å². The summed E-state index contributed by atoms with van der Waals surface area (Å²) >= 11 is 1.52. The predicted molar refractivity (Wildman–Crippen MR) is 74.0 cm³/mol. The third-order valence-electron chi connectivity index (χ3n) is 3.61. The van der Waals surface area contributed by atoms with E-state index >= 15 is 0 Å². The Kier molecular flexibility index (Phi) is 2.78. The summed E-state index contributed by atoms with van der Waals surface area (Å²) in [6, 6.07) is 14.2. The van der Waals surface area contributed by atoms with E-state index in [1.807, 2.05) is 24.3 Å². The van der Waals surface area contributed by atoms with Crippen LogP contribution in [0.3, 0.4) is 0 Å². The zero-order valence-corrected chi connectivity index (χ0v) is 10.7. The monoisotopic (exact) mass is 258 g/mol. The number of carboxylic acid groups (broad SMARTS) is 1. The first-order valence-corrected chi connectivity index (χ1v) is 6.93. The zero-order chi connectivity index (χ0) is 12.6. The van der Waals surface area contributed by atoms with E-state index in [9.17, 15) is 9.90 Å². The normalized spacial score (nSPS) is 17.3. The lowest BCUT2D eigenvalue weighted by molar-refractivity contribution is -0.142. The van der Waals surface area contributed by atoms with E-state index in [0.717, 1.165) is 29.5 Å². The first-order valence-electron chi connectivity index (χ1n) is 6.11. The number of hydrogen-bond acceptors (Lipinski definition) is 2. The molecule has 0 atom stereocenters. The van der Waals surface area contributed by atoms with Crippen molar-refractivity contribution in [2.45, 2.75) is 28.9 Å². The molecular weight excluding hydrogens is 244 g/mol. The molecule has 2 nitrogen and oxygen atoms in total. The minimum atomic E-state index is -0.674. The van der Waals surface area contributed by atoms with Gasteiger partial charge in [-0.2, -0.15) is 0 Å². The van der Waals surface area contributed by atoms with Crippen LogP contribution in [0, 0.1) is 0 Å². The highest BCUT2D eigenvalue weighted by molar-refractivity contribution is 8.01. The van der Waals surface area contributed by atoms with E-state index in [1.54, 1.807) is 0 Å². The Morgan fingerprint density at radius 1 is 1.11 bits per heavy atom. The van der Waals surface area contributed by atoms with Gasteiger partial charge in [0.25, 0.3) is 0 Å². The summed E-state index contributed by atoms with van der Waals surface area (Å²) in [7, 11) is 0. The van der Waals surface area contributed by atoms with Gasteiger partial charge in [0, 0.05) is 4.90 Å². The average molecular weight is 258 g/mol. The van der Waals surface area contributed by atoms with Crippen LogP contribution < -0.4 is 0 Å². The second-order valence-electron chi connectivity index (χ2n) is 4.73. The van der Waals surface area contributed by atoms with Gasteiger partial charge >= 0.3 is 5.97 Å². The maximum Gasteiger partial charge on any atom is 0.320 e. The first-order chi connectivity index (χ1) is 8.71. The van der Waals surface area contributed by atoms with Crippen LogP contribution in [-0.4, -0.2) is 15.8 Å². The van der Waals surface area contributed by atoms with Gasteiger partial charge < -0.3 is 5.11 Å². The second-order valence-corrected chi connectivity index (χ2v) is 6.16. The Morgan fingerprint density at radius 3 is 2.50 bits per heavy atom. The number of fused-ring (bicyclic) bond motifs is 1. The number of carboxylic acids is 1. The summed E-state index contributed by atoms with van der Waals surface area (Å²) in [6.07, 6.45) is 2.57. The highest BCUT2D eigenvalue weighted by atomic mass is 32.2. The fraction of sp³-hybridized carbons (Fsp3) is 0.267. The highest BCUT2D eigenvalue weighted by Gasteiger charge is 2.45. The van der Waals surface area contributed by atoms with Crippen LogP contribution in [0.5, 0.6) is 0 Å². The van der Waals surface area contributed by atoms with Gasteiger partial charge in [0.2, 0.25) is 0 Å². The number of hydrogen-bond donors (Lipinski definition) is 1. The molecular formula is C15H14O2S. The minimum absolute atomic E-state index is 0.593. The second kappa shape index (κ2) is 4.32. The van der Waals surface area contributed by atoms with Crippen LogP contribution in [0.4, 0.5) is 0 Å². The molecule has 0 unspecified atom stereocenters. The van der Waals surface area contributed by atoms with Gasteiger partial charge in [-0.25, -0.2) is 0 Å². The lowest BCUT2D eigenvalue weighted by Crippen LogP contribution is -2.41. The molecule has 3 heteroatoms. The van der Waals surface area contributed by atoms with E-state index in [2.05, 4.69) is 18.2 Å². The topological polar surface area (TPSA) is 37.3 Å². The number of carbonyl (C=O) groups is 1. The average Bonchev–Trinajstić information content (AvgIpc) is 2.33. The van der Waals surface area contributed by atoms with Crippen molar-refractivity contribution in [2.24, 2.45) is 0 Å². The standard InChI is InChI=1S/C15H14O2S/c16-14(17)15(9-4-10-15)18-13-8-3-6-11-5-1-2-7-12(11)13/h1-3,5-8H,4,9-10H2,(H,16,17). The predicted octanol–water partition coefficient (Wildman–Crippen LogP) is 3.94. The van der Waals surface area contributed by atoms with Gasteiger partial charge in [-0.05, 0) is 36.1 Å². The zero-order valence-electron chi connectivity index (χ0n) is 9.93. The van der Waals surface area contributed by atoms with E-state index in [4.69, 9.17) is 0 Å². The first kappa shape index (κ1) is 11.6. The quantitative estimate of drug-likeness (QED) is 0.906. The molecule has 0 aliphatic heterocycles. The lowest BCUT2D eigenvalue weighted by atomic mass is 9.84. The van der Waals surface area contributed by atoms with Crippen LogP contribution in [-0.2, 0) is 4.79 Å². The molecule has 3 rings (SSSR count). The van der Waals surface area contributed by atoms with Crippen LogP contribution in [0.2, 0.25) is 0 Å². The molecule has 1 fully saturated rings. The van der Waals surface area contributed by atoms with Crippen LogP contribution >= 0.6 is 11.8 Å². The summed E-state index contributed by atoms with van der Waals surface area (Å²) in [5.74, 6) is -0.674. The van der Waals surface area contributed by atoms with Gasteiger partial charge in [-0.3, -0.25) is 4.79 Å². The molecule has 1 aliphatic carbocycles. The van der Waals surface area contributed by atoms with Crippen LogP contribution in [0.1, 0.15) is 19.3 Å². The van der Waals surface area contributed by atoms with Gasteiger partial charge in [0.05, 0.1) is 0 Å². The SMILES string of the molecule is O=C(O)C1(Sc2cccc3ccccc23)CCC1. The molecule has 92 valence electrons. The van der Waals surface area contributed by atoms with Crippen molar-refractivity contribution in [1.29, 1.82) is 0 Å². The third-order valence-corrected chi connectivity index (χ3v) is 5.16. The molecule has 0 bridgehead atoms. The van der Waals surface area contributed by atoms with Crippen molar-refractivity contribution in [3.63, 3.8) is 0 Å². The Hall–Kier alpha value is -1.48. The van der Waals surface area contributed by atoms with Crippen molar-refractivity contribution >= 4 is 28.5 Å². The largest absolute Gasteiger partial charge is 0.480 e. The molecule has 0 radical (unpaired) electrons. The summed E-state index contributed by atoms with van der Waals surface area (Å²) in [6.45, 7) is 0. The van der Waals surface area contributed by atoms with E-state index in [-0.39, 0.29) is 0 Å². The van der Waals surface area contributed by atoms with Crippen LogP contribution in [0.25, 0.3) is 10.8 Å². The maximum absolute atomic E-state index is 11.4. The molecule has 2 aromatic carbocycles. The van der Waals surface area contributed by atoms with E-state index < -0.39 is 10.7 Å². The summed E-state index contributed by atoms with van der Waals surface area (Å²) in [5.41, 5.74) is 0. The Morgan fingerprint density at radius 2 is 1.83 bits per heavy atom. The smallest absolute Gasteiger partial charge is 0.320 e. The fourth-order valence-corrected chi connectivity index (χ4v) is 3.80. The fourth-order valence-electron chi connectivity index (χ4n) is 2.35. The van der Waals surface area contributed by atoms with Gasteiger partial charge in [0.15, 0.2) is 0 Å². The van der Waals surface area contributed by atoms with Crippen molar-refractivity contribution in [3.05, 3.63) is 42.5 Å². The Balaban J connectivity index is 2.02. The number of aliphatic carboxylic acids is 1. The maximum atomic E-state index is 11.4. The van der Waals surface area contributed by atoms with Crippen molar-refractivity contribution in [1.82, 2.24) is 0 Å². The third kappa shape index (κ3) is 1.79. The summed E-state index contributed by atoms with van der Waals surface area (Å²) in [4.78, 5) is 12.5. The molecule has 1 aliphatic rings. The molecule has 1 saturated carbocycles. The lowest BCUT2D eigenvalue weighted by Gasteiger charge is -2.37. The van der Waals surface area contributed by atoms with Crippen LogP contribution in [0.15, 0.2) is 47.4 Å². The highest BCUT2D eigenvalue weighted by Crippen LogP contribution is 2.49. The molecule has 1 N–H and O–H groups in total. The van der Waals surface area contributed by atoms with Gasteiger partial charge in [-0.1, -0.05) is 36.4 Å². The molecule has 18 heavy (non-hydrogen) atoms. The number of thioether (sulfide) groups is 1. The summed E-state index contributed by atoms with van der Waals surface area (Å²) in [5, 5.41) is 11.7. The molecule has 2 aromatic rings. The molecule has 0 amide bonds. The minimum Gasteiger partial charge on any atom is -0.480 e. The number of benzene rings is 2. The number of rotatable bonds is 3. The molecule has 0 saturated heterocycles. The summed E-state index contributed by atoms with van der Waals surface area (Å²) < 4.78 is -0.593. The molecule has 0 heterocycles. The molecule has 0 aromatic heterocycles. The van der Waals surface area contributed by atoms with Gasteiger partial charge in [0.1, 0.15) is 4.75 Å². The van der Waals surface area contributed by atoms with Crippen molar-refractivity contribution in [2.75, 3.05) is 0 Å². The van der Waals surface area contributed by atoms with E-state index in [0.29, 0.717) is 0 Å². The van der Waals surface area contributed by atoms with Gasteiger partial charge in [-0.15, -0.1) is 11.8 Å². The molecule has 0 spiro atoms. The Labute approximate surface area is 110 Å². The van der Waals surface area contributed by atoms with E-state index in [1.165, 1.54) is 17.1 Å². The van der Waals surface area contributed by atoms with Crippen molar-refractivity contribution < 1.29 is 9.90 Å².